The van der Waals surface area contributed by atoms with Gasteiger partial charge in [0.1, 0.15) is 6.26 Å². The van der Waals surface area contributed by atoms with Crippen molar-refractivity contribution in [2.45, 2.75) is 0 Å². The second-order valence-corrected chi connectivity index (χ2v) is 7.76. The third-order valence-electron chi connectivity index (χ3n) is 2.70. The molecule has 0 saturated carbocycles. The van der Waals surface area contributed by atoms with E-state index in [2.05, 4.69) is 59.8 Å². The van der Waals surface area contributed by atoms with E-state index in [4.69, 9.17) is 13.0 Å². The number of thiophene rings is 2. The molecule has 0 radical (unpaired) electrons. The number of hydrogen-bond acceptors (Lipinski definition) is 3. The van der Waals surface area contributed by atoms with Crippen LogP contribution in [0, 0.1) is 0 Å². The van der Waals surface area contributed by atoms with E-state index >= 15 is 0 Å². The first kappa shape index (κ1) is 14.8. The Labute approximate surface area is 120 Å². The molecular formula is C14H15NO3S2. The summed E-state index contributed by atoms with van der Waals surface area (Å²) in [5.74, 6) is 0. The molecule has 0 saturated heterocycles. The number of H-pyrrole nitrogens is 1. The van der Waals surface area contributed by atoms with E-state index in [9.17, 15) is 0 Å². The topological polar surface area (TPSA) is 73.0 Å². The number of aromatic amines is 1. The van der Waals surface area contributed by atoms with Gasteiger partial charge in [-0.1, -0.05) is 0 Å². The number of hydrogen-bond donors (Lipinski definition) is 1. The molecule has 4 rings (SSSR count). The van der Waals surface area contributed by atoms with Crippen LogP contribution in [0.5, 0.6) is 0 Å². The van der Waals surface area contributed by atoms with Crippen molar-refractivity contribution in [2.75, 3.05) is 6.26 Å². The third kappa shape index (κ3) is 4.19. The monoisotopic (exact) mass is 309 g/mol. The second kappa shape index (κ2) is 5.78. The first-order chi connectivity index (χ1) is 9.33. The number of rotatable bonds is 0. The molecule has 0 aliphatic carbocycles. The van der Waals surface area contributed by atoms with Crippen molar-refractivity contribution in [2.24, 2.45) is 6.26 Å². The summed E-state index contributed by atoms with van der Waals surface area (Å²) >= 11 is 0. The summed E-state index contributed by atoms with van der Waals surface area (Å²) < 4.78 is 30.2. The fraction of sp³-hybridized carbons (Fsp3) is 0.143. The molecule has 0 aliphatic rings. The Balaban J connectivity index is 0.000000114. The molecule has 0 unspecified atom stereocenters. The van der Waals surface area contributed by atoms with Gasteiger partial charge in [-0.2, -0.15) is 0 Å². The highest BCUT2D eigenvalue weighted by Crippen LogP contribution is 2.32. The van der Waals surface area contributed by atoms with Gasteiger partial charge in [-0.25, -0.2) is 8.42 Å². The van der Waals surface area contributed by atoms with Gasteiger partial charge < -0.3 is 9.54 Å². The zero-order valence-electron chi connectivity index (χ0n) is 11.2. The zero-order chi connectivity index (χ0) is 14.8. The Morgan fingerprint density at radius 2 is 1.20 bits per heavy atom. The standard InChI is InChI=1S/C7H7S.C6H5N.CH4O3S/c1-8-6-2-3-7(8)5-4-6;1-2-6-4-3-5(1)7-6;1-5(2,3)4/h2-5H,1H3;1-4,7H;1H3,(H,2,3,4)/q+1;;/p-1. The van der Waals surface area contributed by atoms with Gasteiger partial charge in [-0.15, -0.1) is 0 Å². The minimum Gasteiger partial charge on any atom is -0.748 e. The summed E-state index contributed by atoms with van der Waals surface area (Å²) in [6.45, 7) is 0. The second-order valence-electron chi connectivity index (χ2n) is 4.39. The Morgan fingerprint density at radius 3 is 1.30 bits per heavy atom. The smallest absolute Gasteiger partial charge is 0.173 e. The molecule has 0 aliphatic heterocycles. The summed E-state index contributed by atoms with van der Waals surface area (Å²) in [6.07, 6.45) is 2.87. The molecule has 4 aromatic heterocycles. The van der Waals surface area contributed by atoms with Gasteiger partial charge in [0, 0.05) is 41.6 Å². The van der Waals surface area contributed by atoms with Gasteiger partial charge >= 0.3 is 0 Å². The van der Waals surface area contributed by atoms with Crippen molar-refractivity contribution in [3.05, 3.63) is 48.5 Å². The maximum Gasteiger partial charge on any atom is 0.173 e. The van der Waals surface area contributed by atoms with Crippen LogP contribution in [-0.4, -0.2) is 24.2 Å². The van der Waals surface area contributed by atoms with Gasteiger partial charge in [0.15, 0.2) is 9.40 Å². The molecule has 0 amide bonds. The molecule has 4 nitrogen and oxygen atoms in total. The summed E-state index contributed by atoms with van der Waals surface area (Å²) in [6, 6.07) is 17.1. The average Bonchev–Trinajstić information content (AvgIpc) is 3.12. The third-order valence-corrected chi connectivity index (χ3v) is 4.66. The molecule has 4 bridgehead atoms. The lowest BCUT2D eigenvalue weighted by Crippen LogP contribution is -1.88. The van der Waals surface area contributed by atoms with Crippen LogP contribution in [0.1, 0.15) is 0 Å². The quantitative estimate of drug-likeness (QED) is 0.400. The van der Waals surface area contributed by atoms with Crippen LogP contribution in [-0.2, 0) is 16.4 Å². The summed E-state index contributed by atoms with van der Waals surface area (Å²) in [5.41, 5.74) is 2.44. The SMILES string of the molecule is CS(=O)(=O)[O-].C[s+]1c2ccc1cc2.c1cc2ccc1[nH]2. The molecule has 20 heavy (non-hydrogen) atoms. The molecule has 4 heterocycles. The highest BCUT2D eigenvalue weighted by Gasteiger charge is 2.08. The summed E-state index contributed by atoms with van der Waals surface area (Å²) in [4.78, 5) is 3.14. The number of nitrogens with one attached hydrogen (secondary N) is 1. The van der Waals surface area contributed by atoms with Crippen molar-refractivity contribution in [3.8, 4) is 0 Å². The van der Waals surface area contributed by atoms with Crippen LogP contribution >= 0.6 is 10.5 Å². The van der Waals surface area contributed by atoms with Crippen LogP contribution in [0.4, 0.5) is 0 Å². The molecule has 0 spiro atoms. The van der Waals surface area contributed by atoms with Gasteiger partial charge in [0.2, 0.25) is 0 Å². The van der Waals surface area contributed by atoms with Crippen LogP contribution < -0.4 is 0 Å². The first-order valence-corrected chi connectivity index (χ1v) is 9.32. The average molecular weight is 309 g/mol. The number of aryl methyl sites for hydroxylation is 1. The molecule has 0 aromatic carbocycles. The largest absolute Gasteiger partial charge is 0.748 e. The van der Waals surface area contributed by atoms with Crippen LogP contribution in [0.15, 0.2) is 48.5 Å². The lowest BCUT2D eigenvalue weighted by molar-refractivity contribution is 0.470. The predicted molar refractivity (Wildman–Crippen MR) is 83.7 cm³/mol. The molecular weight excluding hydrogens is 294 g/mol. The number of fused-ring (bicyclic) bond motifs is 4. The molecule has 4 aromatic rings. The zero-order valence-corrected chi connectivity index (χ0v) is 12.8. The maximum atomic E-state index is 9.08. The molecule has 0 fully saturated rings. The van der Waals surface area contributed by atoms with Crippen molar-refractivity contribution in [1.82, 2.24) is 4.98 Å². The minimum absolute atomic E-state index is 0.460. The fourth-order valence-electron chi connectivity index (χ4n) is 1.79. The number of aromatic nitrogens is 1. The minimum atomic E-state index is -3.92. The fourth-order valence-corrected chi connectivity index (χ4v) is 3.15. The Hall–Kier alpha value is -1.63. The molecule has 0 atom stereocenters. The van der Waals surface area contributed by atoms with Gasteiger partial charge in [0.25, 0.3) is 0 Å². The normalized spacial score (nSPS) is 11.2. The lowest BCUT2D eigenvalue weighted by Gasteiger charge is -1.90. The van der Waals surface area contributed by atoms with Crippen LogP contribution in [0.2, 0.25) is 0 Å². The van der Waals surface area contributed by atoms with E-state index in [1.165, 1.54) is 20.4 Å². The highest BCUT2D eigenvalue weighted by molar-refractivity contribution is 7.84. The molecule has 1 N–H and O–H groups in total. The van der Waals surface area contributed by atoms with Gasteiger partial charge in [-0.05, 0) is 34.7 Å². The van der Waals surface area contributed by atoms with Crippen molar-refractivity contribution < 1.29 is 13.0 Å². The Bertz CT molecular complexity index is 760. The molecule has 106 valence electrons. The predicted octanol–water partition coefficient (Wildman–Crippen LogP) is 3.33. The van der Waals surface area contributed by atoms with Gasteiger partial charge in [0.05, 0.1) is 10.1 Å². The van der Waals surface area contributed by atoms with E-state index in [0.717, 1.165) is 0 Å². The highest BCUT2D eigenvalue weighted by atomic mass is 32.2. The van der Waals surface area contributed by atoms with Crippen molar-refractivity contribution in [3.63, 3.8) is 0 Å². The summed E-state index contributed by atoms with van der Waals surface area (Å²) in [7, 11) is -3.46. The Morgan fingerprint density at radius 1 is 0.900 bits per heavy atom. The van der Waals surface area contributed by atoms with E-state index in [1.807, 2.05) is 0 Å². The van der Waals surface area contributed by atoms with E-state index < -0.39 is 10.1 Å². The Kier molecular flexibility index (Phi) is 4.27. The van der Waals surface area contributed by atoms with E-state index in [0.29, 0.717) is 16.7 Å². The van der Waals surface area contributed by atoms with Crippen molar-refractivity contribution >= 4 is 41.0 Å². The van der Waals surface area contributed by atoms with Gasteiger partial charge in [-0.3, -0.25) is 0 Å². The maximum absolute atomic E-state index is 9.08. The number of benzene rings is 2. The van der Waals surface area contributed by atoms with E-state index in [1.54, 1.807) is 0 Å². The van der Waals surface area contributed by atoms with E-state index in [-0.39, 0.29) is 0 Å². The van der Waals surface area contributed by atoms with Crippen molar-refractivity contribution in [1.29, 1.82) is 0 Å². The lowest BCUT2D eigenvalue weighted by atomic mass is 10.4. The van der Waals surface area contributed by atoms with Crippen LogP contribution in [0.25, 0.3) is 20.4 Å². The first-order valence-electron chi connectivity index (χ1n) is 5.87. The van der Waals surface area contributed by atoms with Crippen LogP contribution in [0.3, 0.4) is 0 Å². The summed E-state index contributed by atoms with van der Waals surface area (Å²) in [5, 5.41) is 0. The molecule has 6 heteroatoms.